The average molecular weight is 653 g/mol. The smallest absolute Gasteiger partial charge is 0.243 e. The molecular weight excluding hydrogens is 608 g/mol. The molecule has 0 unspecified atom stereocenters. The van der Waals surface area contributed by atoms with E-state index in [0.717, 1.165) is 58.6 Å². The maximum atomic E-state index is 12.3. The zero-order valence-corrected chi connectivity index (χ0v) is 27.3. The van der Waals surface area contributed by atoms with E-state index in [-0.39, 0.29) is 37.6 Å². The number of hydroxylamine groups is 1. The van der Waals surface area contributed by atoms with Gasteiger partial charge in [-0.1, -0.05) is 66.7 Å². The van der Waals surface area contributed by atoms with Gasteiger partial charge in [0, 0.05) is 62.8 Å². The van der Waals surface area contributed by atoms with Crippen LogP contribution in [0.4, 0.5) is 0 Å². The van der Waals surface area contributed by atoms with Crippen molar-refractivity contribution >= 4 is 11.8 Å². The lowest BCUT2D eigenvalue weighted by Crippen LogP contribution is -2.38. The van der Waals surface area contributed by atoms with E-state index in [0.29, 0.717) is 19.4 Å². The molecule has 252 valence electrons. The summed E-state index contributed by atoms with van der Waals surface area (Å²) in [6.45, 7) is 1.94. The van der Waals surface area contributed by atoms with Crippen LogP contribution >= 0.6 is 0 Å². The summed E-state index contributed by atoms with van der Waals surface area (Å²) < 4.78 is 13.2. The van der Waals surface area contributed by atoms with Crippen molar-refractivity contribution in [1.29, 1.82) is 0 Å². The highest BCUT2D eigenvalue weighted by Gasteiger charge is 2.33. The minimum atomic E-state index is -0.578. The summed E-state index contributed by atoms with van der Waals surface area (Å²) in [5.74, 6) is -0.661. The zero-order chi connectivity index (χ0) is 33.7. The molecule has 3 aromatic carbocycles. The second-order valence-electron chi connectivity index (χ2n) is 12.2. The predicted molar refractivity (Wildman–Crippen MR) is 181 cm³/mol. The number of nitrogens with zero attached hydrogens (tertiary/aromatic N) is 2. The molecule has 1 aliphatic heterocycles. The fraction of sp³-hybridized carbons (Fsp3) is 0.342. The van der Waals surface area contributed by atoms with Gasteiger partial charge in [-0.05, 0) is 65.6 Å². The van der Waals surface area contributed by atoms with Crippen LogP contribution in [0.25, 0.3) is 11.1 Å². The molecule has 48 heavy (non-hydrogen) atoms. The van der Waals surface area contributed by atoms with Gasteiger partial charge >= 0.3 is 0 Å². The molecule has 1 saturated heterocycles. The van der Waals surface area contributed by atoms with Crippen LogP contribution in [0.2, 0.25) is 0 Å². The van der Waals surface area contributed by atoms with Crippen LogP contribution < -0.4 is 10.8 Å². The lowest BCUT2D eigenvalue weighted by atomic mass is 9.98. The number of aliphatic hydroxyl groups excluding tert-OH is 1. The van der Waals surface area contributed by atoms with E-state index in [2.05, 4.69) is 28.3 Å². The van der Waals surface area contributed by atoms with Crippen LogP contribution in [0.15, 0.2) is 97.2 Å². The minimum absolute atomic E-state index is 0.00684. The predicted octanol–water partition coefficient (Wildman–Crippen LogP) is 5.25. The fourth-order valence-electron chi connectivity index (χ4n) is 5.80. The number of benzene rings is 3. The molecule has 1 fully saturated rings. The number of aromatic nitrogens is 1. The number of carbonyl (C=O) groups is 2. The Morgan fingerprint density at radius 2 is 1.65 bits per heavy atom. The number of likely N-dealkylation sites (N-methyl/N-ethyl adjacent to an activating group) is 1. The first-order chi connectivity index (χ1) is 23.4. The number of rotatable bonds is 15. The normalized spacial score (nSPS) is 17.6. The van der Waals surface area contributed by atoms with Crippen molar-refractivity contribution in [2.75, 3.05) is 20.1 Å². The van der Waals surface area contributed by atoms with Gasteiger partial charge in [-0.15, -0.1) is 0 Å². The molecule has 0 spiro atoms. The Balaban J connectivity index is 1.27. The van der Waals surface area contributed by atoms with Gasteiger partial charge in [0.2, 0.25) is 11.8 Å². The number of hydrogen-bond acceptors (Lipinski definition) is 8. The third kappa shape index (κ3) is 10.3. The largest absolute Gasteiger partial charge is 0.392 e. The number of pyridine rings is 1. The summed E-state index contributed by atoms with van der Waals surface area (Å²) in [7, 11) is 2.10. The van der Waals surface area contributed by atoms with Crippen molar-refractivity contribution in [1.82, 2.24) is 20.7 Å². The van der Waals surface area contributed by atoms with Crippen LogP contribution in [0.5, 0.6) is 0 Å². The summed E-state index contributed by atoms with van der Waals surface area (Å²) in [6.07, 6.45) is 3.18. The van der Waals surface area contributed by atoms with Crippen LogP contribution in [-0.2, 0) is 38.6 Å². The van der Waals surface area contributed by atoms with Crippen molar-refractivity contribution < 1.29 is 29.4 Å². The summed E-state index contributed by atoms with van der Waals surface area (Å²) in [6, 6.07) is 30.1. The quantitative estimate of drug-likeness (QED) is 0.101. The first-order valence-corrected chi connectivity index (χ1v) is 16.4. The maximum Gasteiger partial charge on any atom is 0.243 e. The van der Waals surface area contributed by atoms with E-state index in [9.17, 15) is 14.7 Å². The molecule has 2 heterocycles. The Kier molecular flexibility index (Phi) is 12.8. The van der Waals surface area contributed by atoms with Crippen molar-refractivity contribution in [3.63, 3.8) is 0 Å². The summed E-state index contributed by atoms with van der Waals surface area (Å²) >= 11 is 0. The summed E-state index contributed by atoms with van der Waals surface area (Å²) in [5, 5.41) is 21.1. The molecule has 1 aromatic heterocycles. The van der Waals surface area contributed by atoms with Gasteiger partial charge < -0.3 is 24.8 Å². The van der Waals surface area contributed by atoms with Gasteiger partial charge in [0.15, 0.2) is 6.29 Å². The average Bonchev–Trinajstić information content (AvgIpc) is 3.13. The van der Waals surface area contributed by atoms with E-state index in [4.69, 9.17) is 14.7 Å². The third-order valence-electron chi connectivity index (χ3n) is 8.45. The molecule has 0 radical (unpaired) electrons. The molecule has 10 nitrogen and oxygen atoms in total. The Morgan fingerprint density at radius 3 is 2.40 bits per heavy atom. The van der Waals surface area contributed by atoms with E-state index in [1.54, 1.807) is 5.48 Å². The first kappa shape index (κ1) is 34.9. The minimum Gasteiger partial charge on any atom is -0.392 e. The topological polar surface area (TPSA) is 133 Å². The van der Waals surface area contributed by atoms with E-state index < -0.39 is 12.2 Å². The molecule has 0 saturated carbocycles. The van der Waals surface area contributed by atoms with Crippen LogP contribution in [-0.4, -0.2) is 58.3 Å². The Labute approximate surface area is 281 Å². The van der Waals surface area contributed by atoms with Crippen molar-refractivity contribution in [3.05, 3.63) is 125 Å². The highest BCUT2D eigenvalue weighted by atomic mass is 16.7. The maximum absolute atomic E-state index is 12.3. The second kappa shape index (κ2) is 17.6. The molecule has 1 aliphatic rings. The molecular formula is C38H44N4O6. The van der Waals surface area contributed by atoms with Gasteiger partial charge in [-0.25, -0.2) is 5.48 Å². The second-order valence-corrected chi connectivity index (χ2v) is 12.2. The van der Waals surface area contributed by atoms with Gasteiger partial charge in [0.05, 0.1) is 18.8 Å². The van der Waals surface area contributed by atoms with Gasteiger partial charge in [0.25, 0.3) is 0 Å². The Morgan fingerprint density at radius 1 is 0.875 bits per heavy atom. The SMILES string of the molecule is CN(CCc1ccccn1)C[C@H]1C[C@@H](c2ccc(CO)cc2)O[C@@H](c2cccc(-c3cccc(CNC(=O)CCCC(=O)NO)c3)c2)O1. The Bertz CT molecular complexity index is 1620. The lowest BCUT2D eigenvalue weighted by Gasteiger charge is -2.38. The van der Waals surface area contributed by atoms with Crippen LogP contribution in [0.1, 0.15) is 66.0 Å². The van der Waals surface area contributed by atoms with Crippen LogP contribution in [0, 0.1) is 0 Å². The number of hydrogen-bond donors (Lipinski definition) is 4. The van der Waals surface area contributed by atoms with E-state index in [1.807, 2.05) is 91.1 Å². The van der Waals surface area contributed by atoms with Crippen molar-refractivity contribution in [2.45, 2.75) is 63.8 Å². The first-order valence-electron chi connectivity index (χ1n) is 16.4. The zero-order valence-electron chi connectivity index (χ0n) is 27.3. The molecule has 2 amide bonds. The summed E-state index contributed by atoms with van der Waals surface area (Å²) in [4.78, 5) is 30.2. The molecule has 0 aliphatic carbocycles. The number of carbonyl (C=O) groups excluding carboxylic acids is 2. The third-order valence-corrected chi connectivity index (χ3v) is 8.45. The molecule has 10 heteroatoms. The number of ether oxygens (including phenoxy) is 2. The molecule has 3 atom stereocenters. The van der Waals surface area contributed by atoms with Gasteiger partial charge in [-0.2, -0.15) is 0 Å². The molecule has 4 N–H and O–H groups in total. The fourth-order valence-corrected chi connectivity index (χ4v) is 5.80. The van der Waals surface area contributed by atoms with Crippen LogP contribution in [0.3, 0.4) is 0 Å². The number of nitrogens with one attached hydrogen (secondary N) is 2. The van der Waals surface area contributed by atoms with E-state index >= 15 is 0 Å². The lowest BCUT2D eigenvalue weighted by molar-refractivity contribution is -0.252. The monoisotopic (exact) mass is 652 g/mol. The van der Waals surface area contributed by atoms with Crippen molar-refractivity contribution in [2.24, 2.45) is 0 Å². The molecule has 5 rings (SSSR count). The highest BCUT2D eigenvalue weighted by Crippen LogP contribution is 2.39. The molecule has 4 aromatic rings. The number of aliphatic hydroxyl groups is 1. The van der Waals surface area contributed by atoms with Gasteiger partial charge in [0.1, 0.15) is 0 Å². The van der Waals surface area contributed by atoms with E-state index in [1.165, 1.54) is 0 Å². The van der Waals surface area contributed by atoms with Crippen molar-refractivity contribution in [3.8, 4) is 11.1 Å². The van der Waals surface area contributed by atoms with Gasteiger partial charge in [-0.3, -0.25) is 19.8 Å². The summed E-state index contributed by atoms with van der Waals surface area (Å²) in [5.41, 5.74) is 8.40. The Hall–Kier alpha value is -4.45. The number of amides is 2. The molecule has 0 bridgehead atoms. The highest BCUT2D eigenvalue weighted by molar-refractivity contribution is 5.78. The standard InChI is InChI=1S/C38H44N4O6/c1-42(20-18-33-11-2-3-19-39-33)25-34-23-35(29-16-14-27(26-43)15-17-29)48-38(47-34)32-10-5-9-31(22-32)30-8-4-7-28(21-30)24-40-36(44)12-6-13-37(45)41-46/h2-5,7-11,14-17,19,21-22,34-35,38,43,46H,6,12-13,18,20,23-26H2,1H3,(H,40,44)(H,41,45)/t34-,35+,38+/m1/s1.